The first-order valence-corrected chi connectivity index (χ1v) is 12.2. The fourth-order valence-corrected chi connectivity index (χ4v) is 6.10. The SMILES string of the molecule is Cn1c(SCc2ccncc2)nnc1C1CCN(Cc2cc3ccccc3s2)CC1. The summed E-state index contributed by atoms with van der Waals surface area (Å²) in [4.78, 5) is 8.12. The van der Waals surface area contributed by atoms with Gasteiger partial charge in [0.05, 0.1) is 0 Å². The van der Waals surface area contributed by atoms with Gasteiger partial charge in [-0.3, -0.25) is 9.88 Å². The minimum absolute atomic E-state index is 0.497. The molecule has 4 aromatic rings. The van der Waals surface area contributed by atoms with E-state index in [1.54, 1.807) is 11.8 Å². The zero-order valence-electron chi connectivity index (χ0n) is 17.1. The second kappa shape index (κ2) is 8.88. The number of hydrogen-bond donors (Lipinski definition) is 0. The molecule has 0 saturated carbocycles. The number of fused-ring (bicyclic) bond motifs is 1. The van der Waals surface area contributed by atoms with Crippen molar-refractivity contribution >= 4 is 33.2 Å². The Hall–Kier alpha value is -2.22. The van der Waals surface area contributed by atoms with Gasteiger partial charge in [0.1, 0.15) is 5.82 Å². The highest BCUT2D eigenvalue weighted by Gasteiger charge is 2.25. The van der Waals surface area contributed by atoms with Crippen LogP contribution in [-0.4, -0.2) is 37.7 Å². The molecule has 1 saturated heterocycles. The fraction of sp³-hybridized carbons (Fsp3) is 0.348. The second-order valence-electron chi connectivity index (χ2n) is 7.84. The number of rotatable bonds is 6. The summed E-state index contributed by atoms with van der Waals surface area (Å²) in [6.07, 6.45) is 5.97. The van der Waals surface area contributed by atoms with Crippen molar-refractivity contribution in [1.82, 2.24) is 24.6 Å². The van der Waals surface area contributed by atoms with Crippen LogP contribution >= 0.6 is 23.1 Å². The van der Waals surface area contributed by atoms with Crippen molar-refractivity contribution in [1.29, 1.82) is 0 Å². The van der Waals surface area contributed by atoms with E-state index in [1.165, 1.54) is 20.5 Å². The number of thiophene rings is 1. The predicted octanol–water partition coefficient (Wildman–Crippen LogP) is 5.10. The smallest absolute Gasteiger partial charge is 0.191 e. The largest absolute Gasteiger partial charge is 0.309 e. The molecule has 0 unspecified atom stereocenters. The Morgan fingerprint density at radius 2 is 1.87 bits per heavy atom. The predicted molar refractivity (Wildman–Crippen MR) is 124 cm³/mol. The average Bonchev–Trinajstić information content (AvgIpc) is 3.36. The van der Waals surface area contributed by atoms with E-state index in [0.717, 1.165) is 49.2 Å². The number of benzene rings is 1. The molecule has 1 aliphatic rings. The maximum atomic E-state index is 4.55. The van der Waals surface area contributed by atoms with Gasteiger partial charge in [-0.15, -0.1) is 21.5 Å². The van der Waals surface area contributed by atoms with Crippen molar-refractivity contribution in [3.8, 4) is 0 Å². The van der Waals surface area contributed by atoms with Gasteiger partial charge in [0.2, 0.25) is 0 Å². The molecule has 5 rings (SSSR count). The number of thioether (sulfide) groups is 1. The molecule has 0 N–H and O–H groups in total. The number of likely N-dealkylation sites (tertiary alicyclic amines) is 1. The van der Waals surface area contributed by atoms with Crippen molar-refractivity contribution in [2.45, 2.75) is 36.2 Å². The van der Waals surface area contributed by atoms with Gasteiger partial charge < -0.3 is 4.57 Å². The lowest BCUT2D eigenvalue weighted by atomic mass is 9.96. The van der Waals surface area contributed by atoms with Crippen LogP contribution in [0.3, 0.4) is 0 Å². The van der Waals surface area contributed by atoms with Gasteiger partial charge in [-0.25, -0.2) is 0 Å². The van der Waals surface area contributed by atoms with E-state index in [2.05, 4.69) is 74.2 Å². The van der Waals surface area contributed by atoms with Gasteiger partial charge in [-0.1, -0.05) is 30.0 Å². The number of hydrogen-bond acceptors (Lipinski definition) is 6. The first-order valence-electron chi connectivity index (χ1n) is 10.4. The molecular weight excluding hydrogens is 410 g/mol. The van der Waals surface area contributed by atoms with Crippen LogP contribution in [0.5, 0.6) is 0 Å². The lowest BCUT2D eigenvalue weighted by Crippen LogP contribution is -2.33. The average molecular weight is 436 g/mol. The summed E-state index contributed by atoms with van der Waals surface area (Å²) in [7, 11) is 2.10. The molecule has 0 spiro atoms. The third-order valence-corrected chi connectivity index (χ3v) is 7.99. The third-order valence-electron chi connectivity index (χ3n) is 5.79. The lowest BCUT2D eigenvalue weighted by molar-refractivity contribution is 0.202. The molecule has 0 amide bonds. The number of piperidine rings is 1. The van der Waals surface area contributed by atoms with Crippen LogP contribution in [0, 0.1) is 0 Å². The first kappa shape index (κ1) is 19.7. The van der Waals surface area contributed by atoms with Gasteiger partial charge in [-0.2, -0.15) is 0 Å². The van der Waals surface area contributed by atoms with E-state index < -0.39 is 0 Å². The molecule has 7 heteroatoms. The topological polar surface area (TPSA) is 46.8 Å². The molecule has 4 heterocycles. The van der Waals surface area contributed by atoms with Crippen LogP contribution in [0.4, 0.5) is 0 Å². The van der Waals surface area contributed by atoms with Crippen molar-refractivity contribution < 1.29 is 0 Å². The summed E-state index contributed by atoms with van der Waals surface area (Å²) in [5, 5.41) is 11.4. The minimum Gasteiger partial charge on any atom is -0.309 e. The Morgan fingerprint density at radius 1 is 1.07 bits per heavy atom. The van der Waals surface area contributed by atoms with E-state index in [0.29, 0.717) is 5.92 Å². The van der Waals surface area contributed by atoms with E-state index >= 15 is 0 Å². The molecule has 30 heavy (non-hydrogen) atoms. The molecule has 3 aromatic heterocycles. The summed E-state index contributed by atoms with van der Waals surface area (Å²) in [6.45, 7) is 3.29. The summed E-state index contributed by atoms with van der Waals surface area (Å²) in [6, 6.07) is 15.1. The summed E-state index contributed by atoms with van der Waals surface area (Å²) < 4.78 is 3.58. The third kappa shape index (κ3) is 4.29. The normalized spacial score (nSPS) is 15.8. The minimum atomic E-state index is 0.497. The van der Waals surface area contributed by atoms with Gasteiger partial charge in [0.15, 0.2) is 5.16 Å². The van der Waals surface area contributed by atoms with Crippen molar-refractivity contribution in [2.24, 2.45) is 7.05 Å². The van der Waals surface area contributed by atoms with Gasteiger partial charge in [0.25, 0.3) is 0 Å². The summed E-state index contributed by atoms with van der Waals surface area (Å²) in [5.74, 6) is 2.52. The van der Waals surface area contributed by atoms with Crippen molar-refractivity contribution in [3.63, 3.8) is 0 Å². The maximum absolute atomic E-state index is 4.55. The van der Waals surface area contributed by atoms with E-state index in [9.17, 15) is 0 Å². The zero-order chi connectivity index (χ0) is 20.3. The van der Waals surface area contributed by atoms with Crippen LogP contribution in [0.25, 0.3) is 10.1 Å². The van der Waals surface area contributed by atoms with Gasteiger partial charge in [-0.05, 0) is 61.1 Å². The maximum Gasteiger partial charge on any atom is 0.191 e. The molecule has 5 nitrogen and oxygen atoms in total. The molecule has 1 aliphatic heterocycles. The molecule has 0 radical (unpaired) electrons. The number of pyridine rings is 1. The van der Waals surface area contributed by atoms with Gasteiger partial charge in [0, 0.05) is 47.2 Å². The molecule has 0 bridgehead atoms. The van der Waals surface area contributed by atoms with Crippen LogP contribution in [0.15, 0.2) is 60.0 Å². The lowest BCUT2D eigenvalue weighted by Gasteiger charge is -2.31. The molecular formula is C23H25N5S2. The summed E-state index contributed by atoms with van der Waals surface area (Å²) in [5.41, 5.74) is 1.26. The Morgan fingerprint density at radius 3 is 2.67 bits per heavy atom. The van der Waals surface area contributed by atoms with Crippen LogP contribution < -0.4 is 0 Å². The fourth-order valence-electron chi connectivity index (χ4n) is 4.12. The monoisotopic (exact) mass is 435 g/mol. The van der Waals surface area contributed by atoms with E-state index in [4.69, 9.17) is 0 Å². The first-order chi connectivity index (χ1) is 14.8. The Bertz CT molecular complexity index is 1080. The van der Waals surface area contributed by atoms with E-state index in [-0.39, 0.29) is 0 Å². The quantitative estimate of drug-likeness (QED) is 0.395. The molecule has 0 aliphatic carbocycles. The van der Waals surface area contributed by atoms with Crippen molar-refractivity contribution in [2.75, 3.05) is 13.1 Å². The summed E-state index contributed by atoms with van der Waals surface area (Å²) >= 11 is 3.66. The van der Waals surface area contributed by atoms with Crippen LogP contribution in [-0.2, 0) is 19.3 Å². The second-order valence-corrected chi connectivity index (χ2v) is 9.96. The van der Waals surface area contributed by atoms with Crippen molar-refractivity contribution in [3.05, 3.63) is 71.1 Å². The van der Waals surface area contributed by atoms with E-state index in [1.807, 2.05) is 23.7 Å². The number of aromatic nitrogens is 4. The standard InChI is InChI=1S/C23H25N5S2/c1-27-22(25-26-23(27)29-16-17-6-10-24-11-7-17)18-8-12-28(13-9-18)15-20-14-19-4-2-3-5-21(19)30-20/h2-7,10-11,14,18H,8-9,12-13,15-16H2,1H3. The Balaban J connectivity index is 1.18. The molecule has 154 valence electrons. The Labute approximate surface area is 185 Å². The molecule has 1 fully saturated rings. The van der Waals surface area contributed by atoms with Crippen LogP contribution in [0.2, 0.25) is 0 Å². The molecule has 0 atom stereocenters. The van der Waals surface area contributed by atoms with Gasteiger partial charge >= 0.3 is 0 Å². The highest BCUT2D eigenvalue weighted by Crippen LogP contribution is 2.32. The zero-order valence-corrected chi connectivity index (χ0v) is 18.7. The Kier molecular flexibility index (Phi) is 5.84. The highest BCUT2D eigenvalue weighted by atomic mass is 32.2. The molecule has 1 aromatic carbocycles. The van der Waals surface area contributed by atoms with Crippen LogP contribution in [0.1, 0.15) is 35.0 Å². The number of nitrogens with zero attached hydrogens (tertiary/aromatic N) is 5. The highest BCUT2D eigenvalue weighted by molar-refractivity contribution is 7.98.